The fraction of sp³-hybridized carbons (Fsp3) is 0.529. The van der Waals surface area contributed by atoms with E-state index in [1.54, 1.807) is 19.2 Å². The summed E-state index contributed by atoms with van der Waals surface area (Å²) in [5.41, 5.74) is 0.638. The lowest BCUT2D eigenvalue weighted by molar-refractivity contribution is -0.881. The van der Waals surface area contributed by atoms with Crippen molar-refractivity contribution in [2.75, 3.05) is 32.1 Å². The summed E-state index contributed by atoms with van der Waals surface area (Å²) < 4.78 is 5.21. The Bertz CT molecular complexity index is 520. The number of ether oxygens (including phenoxy) is 1. The molecule has 2 amide bonds. The topological polar surface area (TPSA) is 71.9 Å². The third kappa shape index (κ3) is 6.69. The van der Waals surface area contributed by atoms with Crippen LogP contribution in [-0.2, 0) is 9.59 Å². The number of anilines is 1. The number of hydrogen-bond donors (Lipinski definition) is 3. The minimum Gasteiger partial charge on any atom is -0.495 e. The van der Waals surface area contributed by atoms with Gasteiger partial charge in [0.15, 0.2) is 13.1 Å². The zero-order chi connectivity index (χ0) is 17.2. The van der Waals surface area contributed by atoms with Crippen LogP contribution in [0.3, 0.4) is 0 Å². The van der Waals surface area contributed by atoms with Crippen molar-refractivity contribution in [2.45, 2.75) is 33.2 Å². The molecule has 23 heavy (non-hydrogen) atoms. The summed E-state index contributed by atoms with van der Waals surface area (Å²) in [6, 6.07) is 7.42. The van der Waals surface area contributed by atoms with Crippen molar-refractivity contribution in [1.82, 2.24) is 5.32 Å². The van der Waals surface area contributed by atoms with Gasteiger partial charge in [0.1, 0.15) is 5.75 Å². The third-order valence-electron chi connectivity index (χ3n) is 3.72. The van der Waals surface area contributed by atoms with Gasteiger partial charge in [0.25, 0.3) is 11.8 Å². The summed E-state index contributed by atoms with van der Waals surface area (Å²) in [4.78, 5) is 25.0. The van der Waals surface area contributed by atoms with E-state index in [9.17, 15) is 9.59 Å². The van der Waals surface area contributed by atoms with Crippen molar-refractivity contribution in [1.29, 1.82) is 0 Å². The molecule has 0 aromatic heterocycles. The van der Waals surface area contributed by atoms with Crippen LogP contribution in [0.1, 0.15) is 27.2 Å². The summed E-state index contributed by atoms with van der Waals surface area (Å²) in [5.74, 6) is 0.456. The number of rotatable bonds is 9. The van der Waals surface area contributed by atoms with Gasteiger partial charge in [-0.1, -0.05) is 19.1 Å². The van der Waals surface area contributed by atoms with Gasteiger partial charge in [0.2, 0.25) is 0 Å². The summed E-state index contributed by atoms with van der Waals surface area (Å²) in [6.07, 6.45) is 0.890. The molecule has 1 rings (SSSR count). The summed E-state index contributed by atoms with van der Waals surface area (Å²) in [7, 11) is 1.56. The highest BCUT2D eigenvalue weighted by atomic mass is 16.5. The monoisotopic (exact) mass is 322 g/mol. The van der Waals surface area contributed by atoms with Crippen molar-refractivity contribution >= 4 is 17.5 Å². The molecule has 0 bridgehead atoms. The minimum atomic E-state index is -0.136. The molecule has 0 aliphatic heterocycles. The van der Waals surface area contributed by atoms with Crippen LogP contribution >= 0.6 is 0 Å². The number of methoxy groups -OCH3 is 1. The van der Waals surface area contributed by atoms with E-state index < -0.39 is 0 Å². The Morgan fingerprint density at radius 3 is 2.43 bits per heavy atom. The van der Waals surface area contributed by atoms with Gasteiger partial charge >= 0.3 is 0 Å². The first-order valence-electron chi connectivity index (χ1n) is 8.05. The Kier molecular flexibility index (Phi) is 8.11. The number of carbonyl (C=O) groups is 2. The predicted molar refractivity (Wildman–Crippen MR) is 90.8 cm³/mol. The fourth-order valence-corrected chi connectivity index (χ4v) is 2.14. The van der Waals surface area contributed by atoms with E-state index in [2.05, 4.69) is 10.6 Å². The molecule has 0 saturated carbocycles. The van der Waals surface area contributed by atoms with Crippen molar-refractivity contribution in [3.63, 3.8) is 0 Å². The number of carbonyl (C=O) groups excluding carboxylic acids is 2. The quantitative estimate of drug-likeness (QED) is 0.618. The van der Waals surface area contributed by atoms with Crippen molar-refractivity contribution in [3.8, 4) is 5.75 Å². The van der Waals surface area contributed by atoms with Gasteiger partial charge in [-0.3, -0.25) is 9.59 Å². The van der Waals surface area contributed by atoms with Gasteiger partial charge in [0, 0.05) is 6.04 Å². The van der Waals surface area contributed by atoms with E-state index >= 15 is 0 Å². The number of benzene rings is 1. The first-order chi connectivity index (χ1) is 11.0. The molecule has 1 unspecified atom stereocenters. The van der Waals surface area contributed by atoms with E-state index in [1.807, 2.05) is 32.9 Å². The molecule has 0 fully saturated rings. The number of para-hydroxylation sites is 2. The highest BCUT2D eigenvalue weighted by Crippen LogP contribution is 2.22. The Morgan fingerprint density at radius 1 is 1.17 bits per heavy atom. The highest BCUT2D eigenvalue weighted by molar-refractivity contribution is 5.93. The molecule has 128 valence electrons. The van der Waals surface area contributed by atoms with Gasteiger partial charge in [-0.15, -0.1) is 0 Å². The lowest BCUT2D eigenvalue weighted by Crippen LogP contribution is -3.14. The number of likely N-dealkylation sites (N-methyl/N-ethyl adjacent to an activating group) is 1. The van der Waals surface area contributed by atoms with Crippen LogP contribution in [0.2, 0.25) is 0 Å². The standard InChI is InChI=1S/C17H27N3O3/c1-5-13(3)18-16(21)11-20(6-2)12-17(22)19-14-9-7-8-10-15(14)23-4/h7-10,13H,5-6,11-12H2,1-4H3,(H,18,21)(H,19,22)/p+1/t13-/m1/s1. The van der Waals surface area contributed by atoms with Crippen LogP contribution in [-0.4, -0.2) is 44.6 Å². The lowest BCUT2D eigenvalue weighted by Gasteiger charge is -2.19. The molecule has 0 aliphatic carbocycles. The van der Waals surface area contributed by atoms with Crippen LogP contribution in [0, 0.1) is 0 Å². The molecular formula is C17H28N3O3+. The number of quaternary nitrogens is 1. The molecule has 0 spiro atoms. The maximum atomic E-state index is 12.2. The second-order valence-electron chi connectivity index (χ2n) is 5.58. The van der Waals surface area contributed by atoms with Crippen LogP contribution in [0.15, 0.2) is 24.3 Å². The largest absolute Gasteiger partial charge is 0.495 e. The first kappa shape index (κ1) is 19.0. The van der Waals surface area contributed by atoms with Crippen molar-refractivity contribution in [3.05, 3.63) is 24.3 Å². The fourth-order valence-electron chi connectivity index (χ4n) is 2.14. The average Bonchev–Trinajstić information content (AvgIpc) is 2.54. The van der Waals surface area contributed by atoms with Gasteiger partial charge < -0.3 is 20.3 Å². The molecule has 6 nitrogen and oxygen atoms in total. The zero-order valence-corrected chi connectivity index (χ0v) is 14.4. The van der Waals surface area contributed by atoms with Crippen molar-refractivity contribution in [2.24, 2.45) is 0 Å². The molecule has 0 aliphatic rings. The van der Waals surface area contributed by atoms with E-state index in [0.29, 0.717) is 24.5 Å². The molecular weight excluding hydrogens is 294 g/mol. The second-order valence-corrected chi connectivity index (χ2v) is 5.58. The molecule has 3 N–H and O–H groups in total. The van der Waals surface area contributed by atoms with Gasteiger partial charge in [-0.05, 0) is 32.4 Å². The Hall–Kier alpha value is -2.08. The van der Waals surface area contributed by atoms with Crippen LogP contribution in [0.5, 0.6) is 5.75 Å². The van der Waals surface area contributed by atoms with Crippen LogP contribution in [0.25, 0.3) is 0 Å². The predicted octanol–water partition coefficient (Wildman–Crippen LogP) is 0.453. The maximum Gasteiger partial charge on any atom is 0.279 e. The smallest absolute Gasteiger partial charge is 0.279 e. The van der Waals surface area contributed by atoms with Crippen molar-refractivity contribution < 1.29 is 19.2 Å². The highest BCUT2D eigenvalue weighted by Gasteiger charge is 2.18. The van der Waals surface area contributed by atoms with Gasteiger partial charge in [0.05, 0.1) is 19.3 Å². The molecule has 2 atom stereocenters. The molecule has 0 heterocycles. The number of hydrogen-bond acceptors (Lipinski definition) is 3. The zero-order valence-electron chi connectivity index (χ0n) is 14.4. The second kappa shape index (κ2) is 9.84. The van der Waals surface area contributed by atoms with Crippen LogP contribution < -0.4 is 20.3 Å². The van der Waals surface area contributed by atoms with Gasteiger partial charge in [-0.2, -0.15) is 0 Å². The summed E-state index contributed by atoms with van der Waals surface area (Å²) in [6.45, 7) is 7.19. The molecule has 0 saturated heterocycles. The molecule has 0 radical (unpaired) electrons. The molecule has 1 aromatic carbocycles. The average molecular weight is 322 g/mol. The number of nitrogens with one attached hydrogen (secondary N) is 3. The third-order valence-corrected chi connectivity index (χ3v) is 3.72. The van der Waals surface area contributed by atoms with Crippen LogP contribution in [0.4, 0.5) is 5.69 Å². The Morgan fingerprint density at radius 2 is 1.83 bits per heavy atom. The lowest BCUT2D eigenvalue weighted by atomic mass is 10.2. The molecule has 1 aromatic rings. The Balaban J connectivity index is 2.54. The van der Waals surface area contributed by atoms with E-state index in [1.165, 1.54) is 0 Å². The summed E-state index contributed by atoms with van der Waals surface area (Å²) >= 11 is 0. The van der Waals surface area contributed by atoms with E-state index in [4.69, 9.17) is 4.74 Å². The van der Waals surface area contributed by atoms with E-state index in [0.717, 1.165) is 11.3 Å². The Labute approximate surface area is 138 Å². The van der Waals surface area contributed by atoms with E-state index in [-0.39, 0.29) is 24.4 Å². The van der Waals surface area contributed by atoms with Gasteiger partial charge in [-0.25, -0.2) is 0 Å². The number of amides is 2. The summed E-state index contributed by atoms with van der Waals surface area (Å²) in [5, 5.41) is 5.76. The first-order valence-corrected chi connectivity index (χ1v) is 8.05. The molecule has 6 heteroatoms. The maximum absolute atomic E-state index is 12.2. The minimum absolute atomic E-state index is 0.0266. The normalized spacial score (nSPS) is 13.0. The SMILES string of the molecule is CC[C@@H](C)NC(=O)C[NH+](CC)CC(=O)Nc1ccccc1OC.